The molecule has 5 heteroatoms. The van der Waals surface area contributed by atoms with E-state index in [0.29, 0.717) is 13.0 Å². The molecule has 0 heterocycles. The molecule has 2 N–H and O–H groups in total. The Balaban J connectivity index is 1.66. The van der Waals surface area contributed by atoms with Crippen LogP contribution in [0.25, 0.3) is 0 Å². The lowest BCUT2D eigenvalue weighted by Crippen LogP contribution is -2.38. The van der Waals surface area contributed by atoms with Crippen molar-refractivity contribution in [3.05, 3.63) is 65.2 Å². The van der Waals surface area contributed by atoms with Crippen LogP contribution in [0.2, 0.25) is 0 Å². The number of hydrogen-bond acceptors (Lipinski definition) is 3. The summed E-state index contributed by atoms with van der Waals surface area (Å²) >= 11 is 0. The van der Waals surface area contributed by atoms with E-state index in [-0.39, 0.29) is 24.8 Å². The van der Waals surface area contributed by atoms with Crippen LogP contribution in [0.3, 0.4) is 0 Å². The molecule has 0 atom stereocenters. The van der Waals surface area contributed by atoms with Crippen LogP contribution >= 0.6 is 0 Å². The zero-order valence-electron chi connectivity index (χ0n) is 14.7. The van der Waals surface area contributed by atoms with Crippen molar-refractivity contribution in [2.75, 3.05) is 20.2 Å². The monoisotopic (exact) mass is 340 g/mol. The Bertz CT molecular complexity index is 711. The minimum atomic E-state index is -0.194. The van der Waals surface area contributed by atoms with E-state index in [0.717, 1.165) is 22.4 Å². The first-order valence-electron chi connectivity index (χ1n) is 8.28. The van der Waals surface area contributed by atoms with Gasteiger partial charge in [0.2, 0.25) is 11.8 Å². The lowest BCUT2D eigenvalue weighted by molar-refractivity contribution is -0.125. The molecule has 2 aromatic carbocycles. The number of benzene rings is 2. The Kier molecular flexibility index (Phi) is 7.01. The average molecular weight is 340 g/mol. The van der Waals surface area contributed by atoms with Gasteiger partial charge in [-0.1, -0.05) is 42.0 Å². The predicted molar refractivity (Wildman–Crippen MR) is 97.6 cm³/mol. The van der Waals surface area contributed by atoms with Crippen LogP contribution in [0, 0.1) is 6.92 Å². The summed E-state index contributed by atoms with van der Waals surface area (Å²) in [4.78, 5) is 23.7. The van der Waals surface area contributed by atoms with Gasteiger partial charge in [-0.3, -0.25) is 9.59 Å². The second-order valence-corrected chi connectivity index (χ2v) is 5.89. The van der Waals surface area contributed by atoms with E-state index in [1.54, 1.807) is 7.11 Å². The van der Waals surface area contributed by atoms with E-state index in [1.165, 1.54) is 0 Å². The SMILES string of the molecule is COc1cccc(CCNC(=O)CNC(=O)Cc2ccc(C)cc2)c1. The number of amides is 2. The van der Waals surface area contributed by atoms with E-state index in [4.69, 9.17) is 4.74 Å². The number of carbonyl (C=O) groups excluding carboxylic acids is 2. The third-order valence-corrected chi connectivity index (χ3v) is 3.80. The molecule has 0 fully saturated rings. The Morgan fingerprint density at radius 3 is 2.44 bits per heavy atom. The number of hydrogen-bond donors (Lipinski definition) is 2. The number of ether oxygens (including phenoxy) is 1. The van der Waals surface area contributed by atoms with Gasteiger partial charge in [0.25, 0.3) is 0 Å². The summed E-state index contributed by atoms with van der Waals surface area (Å²) in [6.07, 6.45) is 0.984. The molecule has 2 rings (SSSR count). The van der Waals surface area contributed by atoms with Gasteiger partial charge in [-0.25, -0.2) is 0 Å². The number of nitrogens with one attached hydrogen (secondary N) is 2. The summed E-state index contributed by atoms with van der Waals surface area (Å²) < 4.78 is 5.17. The summed E-state index contributed by atoms with van der Waals surface area (Å²) in [6.45, 7) is 2.50. The van der Waals surface area contributed by atoms with E-state index in [2.05, 4.69) is 10.6 Å². The van der Waals surface area contributed by atoms with Gasteiger partial charge in [-0.2, -0.15) is 0 Å². The molecule has 132 valence electrons. The maximum absolute atomic E-state index is 11.9. The normalized spacial score (nSPS) is 10.2. The van der Waals surface area contributed by atoms with Gasteiger partial charge in [0.05, 0.1) is 20.1 Å². The highest BCUT2D eigenvalue weighted by Gasteiger charge is 2.06. The molecule has 0 aliphatic carbocycles. The van der Waals surface area contributed by atoms with Gasteiger partial charge in [0, 0.05) is 6.54 Å². The predicted octanol–water partition coefficient (Wildman–Crippen LogP) is 2.02. The fourth-order valence-electron chi connectivity index (χ4n) is 2.37. The van der Waals surface area contributed by atoms with Crippen molar-refractivity contribution in [1.29, 1.82) is 0 Å². The molecule has 0 saturated heterocycles. The molecule has 0 unspecified atom stereocenters. The summed E-state index contributed by atoms with van der Waals surface area (Å²) in [5.41, 5.74) is 3.17. The van der Waals surface area contributed by atoms with E-state index in [9.17, 15) is 9.59 Å². The van der Waals surface area contributed by atoms with Gasteiger partial charge in [-0.05, 0) is 36.6 Å². The summed E-state index contributed by atoms with van der Waals surface area (Å²) in [6, 6.07) is 15.5. The quantitative estimate of drug-likeness (QED) is 0.773. The minimum absolute atomic E-state index is 0.0111. The largest absolute Gasteiger partial charge is 0.497 e. The molecule has 2 aromatic rings. The molecule has 0 aliphatic rings. The van der Waals surface area contributed by atoms with Crippen LogP contribution in [0.5, 0.6) is 5.75 Å². The second-order valence-electron chi connectivity index (χ2n) is 5.89. The zero-order valence-corrected chi connectivity index (χ0v) is 14.7. The van der Waals surface area contributed by atoms with Gasteiger partial charge in [0.15, 0.2) is 0 Å². The Morgan fingerprint density at radius 1 is 0.960 bits per heavy atom. The van der Waals surface area contributed by atoms with Gasteiger partial charge < -0.3 is 15.4 Å². The van der Waals surface area contributed by atoms with Gasteiger partial charge in [-0.15, -0.1) is 0 Å². The molecule has 0 saturated carbocycles. The zero-order chi connectivity index (χ0) is 18.1. The molecule has 25 heavy (non-hydrogen) atoms. The lowest BCUT2D eigenvalue weighted by Gasteiger charge is -2.08. The van der Waals surface area contributed by atoms with Crippen molar-refractivity contribution in [3.63, 3.8) is 0 Å². The molecule has 0 aliphatic heterocycles. The highest BCUT2D eigenvalue weighted by Crippen LogP contribution is 2.12. The third kappa shape index (κ3) is 6.67. The number of carbonyl (C=O) groups is 2. The summed E-state index contributed by atoms with van der Waals surface area (Å²) in [5.74, 6) is 0.444. The van der Waals surface area contributed by atoms with Crippen molar-refractivity contribution >= 4 is 11.8 Å². The summed E-state index contributed by atoms with van der Waals surface area (Å²) in [7, 11) is 1.63. The highest BCUT2D eigenvalue weighted by atomic mass is 16.5. The van der Waals surface area contributed by atoms with Crippen LogP contribution in [0.4, 0.5) is 0 Å². The Morgan fingerprint density at radius 2 is 1.72 bits per heavy atom. The molecule has 0 bridgehead atoms. The van der Waals surface area contributed by atoms with E-state index < -0.39 is 0 Å². The van der Waals surface area contributed by atoms with E-state index >= 15 is 0 Å². The smallest absolute Gasteiger partial charge is 0.239 e. The summed E-state index contributed by atoms with van der Waals surface area (Å²) in [5, 5.41) is 5.44. The van der Waals surface area contributed by atoms with Crippen LogP contribution in [-0.4, -0.2) is 32.0 Å². The van der Waals surface area contributed by atoms with Crippen molar-refractivity contribution in [1.82, 2.24) is 10.6 Å². The van der Waals surface area contributed by atoms with Crippen LogP contribution < -0.4 is 15.4 Å². The molecule has 0 aromatic heterocycles. The van der Waals surface area contributed by atoms with Crippen LogP contribution in [0.1, 0.15) is 16.7 Å². The van der Waals surface area contributed by atoms with E-state index in [1.807, 2.05) is 55.5 Å². The first kappa shape index (κ1) is 18.5. The van der Waals surface area contributed by atoms with Crippen LogP contribution in [-0.2, 0) is 22.4 Å². The number of rotatable bonds is 8. The Labute approximate surface area is 148 Å². The molecule has 0 radical (unpaired) electrons. The van der Waals surface area contributed by atoms with Gasteiger partial charge in [0.1, 0.15) is 5.75 Å². The maximum atomic E-state index is 11.9. The second kappa shape index (κ2) is 9.47. The highest BCUT2D eigenvalue weighted by molar-refractivity contribution is 5.85. The average Bonchev–Trinajstić information content (AvgIpc) is 2.62. The molecule has 0 spiro atoms. The van der Waals surface area contributed by atoms with Crippen molar-refractivity contribution in [3.8, 4) is 5.75 Å². The number of aryl methyl sites for hydroxylation is 1. The fraction of sp³-hybridized carbons (Fsp3) is 0.300. The van der Waals surface area contributed by atoms with Crippen LogP contribution in [0.15, 0.2) is 48.5 Å². The van der Waals surface area contributed by atoms with Crippen molar-refractivity contribution in [2.45, 2.75) is 19.8 Å². The first-order chi connectivity index (χ1) is 12.1. The van der Waals surface area contributed by atoms with Crippen molar-refractivity contribution in [2.24, 2.45) is 0 Å². The maximum Gasteiger partial charge on any atom is 0.239 e. The molecular formula is C20H24N2O3. The molecule has 2 amide bonds. The van der Waals surface area contributed by atoms with Crippen molar-refractivity contribution < 1.29 is 14.3 Å². The molecule has 5 nitrogen and oxygen atoms in total. The first-order valence-corrected chi connectivity index (χ1v) is 8.28. The standard InChI is InChI=1S/C20H24N2O3/c1-15-6-8-17(9-7-15)13-19(23)22-14-20(24)21-11-10-16-4-3-5-18(12-16)25-2/h3-9,12H,10-11,13-14H2,1-2H3,(H,21,24)(H,22,23). The number of methoxy groups -OCH3 is 1. The molecular weight excluding hydrogens is 316 g/mol. The topological polar surface area (TPSA) is 67.4 Å². The lowest BCUT2D eigenvalue weighted by atomic mass is 10.1. The Hall–Kier alpha value is -2.82. The third-order valence-electron chi connectivity index (χ3n) is 3.80. The van der Waals surface area contributed by atoms with Gasteiger partial charge >= 0.3 is 0 Å². The minimum Gasteiger partial charge on any atom is -0.497 e. The fourth-order valence-corrected chi connectivity index (χ4v) is 2.37.